The minimum Gasteiger partial charge on any atom is -0.299 e. The van der Waals surface area contributed by atoms with Crippen LogP contribution >= 0.6 is 0 Å². The number of benzene rings is 1. The van der Waals surface area contributed by atoms with Gasteiger partial charge in [0.25, 0.3) is 0 Å². The molecule has 1 aromatic rings. The van der Waals surface area contributed by atoms with Crippen LogP contribution < -0.4 is 0 Å². The van der Waals surface area contributed by atoms with Crippen molar-refractivity contribution in [3.05, 3.63) is 54.1 Å². The molecule has 4 atom stereocenters. The molecule has 84 valence electrons. The fourth-order valence-electron chi connectivity index (χ4n) is 3.83. The first-order valence-corrected chi connectivity index (χ1v) is 6.33. The lowest BCUT2D eigenvalue weighted by atomic mass is 9.86. The van der Waals surface area contributed by atoms with Gasteiger partial charge in [0.1, 0.15) is 5.78 Å². The summed E-state index contributed by atoms with van der Waals surface area (Å²) in [7, 11) is 0. The molecule has 1 aromatic carbocycles. The van der Waals surface area contributed by atoms with Gasteiger partial charge in [0, 0.05) is 12.3 Å². The SMILES string of the molecule is O=C1C[C@@H]2C=C[C@@H]3C=C(c4ccccc4)[C@@H]1[C@H]32. The normalized spacial score (nSPS) is 37.4. The Labute approximate surface area is 101 Å². The van der Waals surface area contributed by atoms with Crippen LogP contribution in [0.4, 0.5) is 0 Å². The molecule has 0 aliphatic heterocycles. The first kappa shape index (κ1) is 9.41. The van der Waals surface area contributed by atoms with Gasteiger partial charge in [-0.1, -0.05) is 48.6 Å². The number of carbonyl (C=O) groups excluding carboxylic acids is 1. The molecular weight excluding hydrogens is 208 g/mol. The highest BCUT2D eigenvalue weighted by atomic mass is 16.1. The first-order valence-electron chi connectivity index (χ1n) is 6.33. The summed E-state index contributed by atoms with van der Waals surface area (Å²) >= 11 is 0. The van der Waals surface area contributed by atoms with Crippen LogP contribution in [0.5, 0.6) is 0 Å². The third kappa shape index (κ3) is 1.17. The molecule has 0 amide bonds. The largest absolute Gasteiger partial charge is 0.299 e. The van der Waals surface area contributed by atoms with Crippen LogP contribution in [0.3, 0.4) is 0 Å². The van der Waals surface area contributed by atoms with E-state index in [0.29, 0.717) is 23.5 Å². The van der Waals surface area contributed by atoms with Gasteiger partial charge in [0.05, 0.1) is 0 Å². The average Bonchev–Trinajstić information content (AvgIpc) is 2.98. The van der Waals surface area contributed by atoms with Crippen molar-refractivity contribution in [2.24, 2.45) is 23.7 Å². The number of hydrogen-bond donors (Lipinski definition) is 0. The van der Waals surface area contributed by atoms with E-state index in [4.69, 9.17) is 0 Å². The molecule has 0 bridgehead atoms. The molecule has 1 heteroatoms. The number of hydrogen-bond acceptors (Lipinski definition) is 1. The van der Waals surface area contributed by atoms with Crippen LogP contribution in [0.2, 0.25) is 0 Å². The highest BCUT2D eigenvalue weighted by Crippen LogP contribution is 2.55. The quantitative estimate of drug-likeness (QED) is 0.667. The summed E-state index contributed by atoms with van der Waals surface area (Å²) < 4.78 is 0. The van der Waals surface area contributed by atoms with E-state index in [0.717, 1.165) is 6.42 Å². The Balaban J connectivity index is 1.83. The van der Waals surface area contributed by atoms with Gasteiger partial charge in [0.2, 0.25) is 0 Å². The van der Waals surface area contributed by atoms with Crippen molar-refractivity contribution in [1.29, 1.82) is 0 Å². The number of rotatable bonds is 1. The van der Waals surface area contributed by atoms with Crippen LogP contribution in [0.1, 0.15) is 12.0 Å². The molecule has 17 heavy (non-hydrogen) atoms. The topological polar surface area (TPSA) is 17.1 Å². The lowest BCUT2D eigenvalue weighted by molar-refractivity contribution is -0.119. The van der Waals surface area contributed by atoms with Gasteiger partial charge >= 0.3 is 0 Å². The fourth-order valence-corrected chi connectivity index (χ4v) is 3.83. The Morgan fingerprint density at radius 3 is 2.71 bits per heavy atom. The average molecular weight is 222 g/mol. The molecule has 0 radical (unpaired) electrons. The zero-order chi connectivity index (χ0) is 11.4. The number of Topliss-reactive ketones (excluding diaryl/α,β-unsaturated/α-hetero) is 1. The van der Waals surface area contributed by atoms with Gasteiger partial charge in [-0.05, 0) is 28.9 Å². The molecule has 4 rings (SSSR count). The highest BCUT2D eigenvalue weighted by Gasteiger charge is 2.51. The fraction of sp³-hybridized carbons (Fsp3) is 0.312. The van der Waals surface area contributed by atoms with E-state index in [9.17, 15) is 4.79 Å². The van der Waals surface area contributed by atoms with Crippen molar-refractivity contribution in [1.82, 2.24) is 0 Å². The zero-order valence-corrected chi connectivity index (χ0v) is 9.54. The van der Waals surface area contributed by atoms with Crippen molar-refractivity contribution in [3.63, 3.8) is 0 Å². The van der Waals surface area contributed by atoms with Crippen LogP contribution in [-0.2, 0) is 4.79 Å². The third-order valence-corrected chi connectivity index (χ3v) is 4.50. The van der Waals surface area contributed by atoms with E-state index in [1.54, 1.807) is 0 Å². The van der Waals surface area contributed by atoms with Gasteiger partial charge in [-0.15, -0.1) is 0 Å². The van der Waals surface area contributed by atoms with Crippen molar-refractivity contribution in [3.8, 4) is 0 Å². The van der Waals surface area contributed by atoms with Crippen molar-refractivity contribution in [2.75, 3.05) is 0 Å². The van der Waals surface area contributed by atoms with E-state index in [1.807, 2.05) is 6.07 Å². The maximum atomic E-state index is 12.2. The molecule has 0 unspecified atom stereocenters. The molecule has 1 nitrogen and oxygen atoms in total. The predicted molar refractivity (Wildman–Crippen MR) is 67.1 cm³/mol. The predicted octanol–water partition coefficient (Wildman–Crippen LogP) is 3.09. The minimum absolute atomic E-state index is 0.169. The maximum absolute atomic E-state index is 12.2. The number of ketones is 1. The lowest BCUT2D eigenvalue weighted by Gasteiger charge is -2.15. The number of allylic oxidation sites excluding steroid dienone is 4. The van der Waals surface area contributed by atoms with Gasteiger partial charge < -0.3 is 0 Å². The summed E-state index contributed by atoms with van der Waals surface area (Å²) in [5, 5.41) is 0. The van der Waals surface area contributed by atoms with Crippen LogP contribution in [0.25, 0.3) is 5.57 Å². The monoisotopic (exact) mass is 222 g/mol. The molecule has 0 N–H and O–H groups in total. The standard InChI is InChI=1S/C16H14O/c17-14-9-12-7-6-11-8-13(16(14)15(11)12)10-4-2-1-3-5-10/h1-8,11-12,15-16H,9H2/t11-,12+,15-,16+/m1/s1. The van der Waals surface area contributed by atoms with Crippen LogP contribution in [0, 0.1) is 23.7 Å². The second-order valence-corrected chi connectivity index (χ2v) is 5.34. The second kappa shape index (κ2) is 3.19. The van der Waals surface area contributed by atoms with Crippen molar-refractivity contribution < 1.29 is 4.79 Å². The van der Waals surface area contributed by atoms with E-state index in [-0.39, 0.29) is 5.92 Å². The minimum atomic E-state index is 0.169. The van der Waals surface area contributed by atoms with E-state index < -0.39 is 0 Å². The first-order chi connectivity index (χ1) is 8.34. The molecule has 0 spiro atoms. The molecule has 3 aliphatic carbocycles. The van der Waals surface area contributed by atoms with Crippen LogP contribution in [-0.4, -0.2) is 5.78 Å². The Morgan fingerprint density at radius 2 is 1.88 bits per heavy atom. The molecule has 1 fully saturated rings. The Kier molecular flexibility index (Phi) is 1.77. The van der Waals surface area contributed by atoms with Crippen molar-refractivity contribution in [2.45, 2.75) is 6.42 Å². The van der Waals surface area contributed by atoms with Gasteiger partial charge in [-0.25, -0.2) is 0 Å². The molecule has 1 saturated carbocycles. The van der Waals surface area contributed by atoms with Gasteiger partial charge in [-0.3, -0.25) is 4.79 Å². The number of carbonyl (C=O) groups is 1. The Hall–Kier alpha value is -1.63. The van der Waals surface area contributed by atoms with Gasteiger partial charge in [-0.2, -0.15) is 0 Å². The maximum Gasteiger partial charge on any atom is 0.141 e. The highest BCUT2D eigenvalue weighted by molar-refractivity contribution is 5.98. The Bertz CT molecular complexity index is 538. The zero-order valence-electron chi connectivity index (χ0n) is 9.54. The molecule has 3 aliphatic rings. The van der Waals surface area contributed by atoms with Gasteiger partial charge in [0.15, 0.2) is 0 Å². The third-order valence-electron chi connectivity index (χ3n) is 4.50. The molecular formula is C16H14O. The Morgan fingerprint density at radius 1 is 1.06 bits per heavy atom. The smallest absolute Gasteiger partial charge is 0.141 e. The van der Waals surface area contributed by atoms with Crippen molar-refractivity contribution >= 4 is 11.4 Å². The summed E-state index contributed by atoms with van der Waals surface area (Å²) in [6.07, 6.45) is 7.63. The summed E-state index contributed by atoms with van der Waals surface area (Å²) in [5.41, 5.74) is 2.51. The molecule has 0 aromatic heterocycles. The lowest BCUT2D eigenvalue weighted by Crippen LogP contribution is -2.15. The van der Waals surface area contributed by atoms with E-state index in [2.05, 4.69) is 42.5 Å². The summed E-state index contributed by atoms with van der Waals surface area (Å²) in [5.74, 6) is 2.17. The van der Waals surface area contributed by atoms with Crippen LogP contribution in [0.15, 0.2) is 48.6 Å². The molecule has 0 saturated heterocycles. The second-order valence-electron chi connectivity index (χ2n) is 5.34. The summed E-state index contributed by atoms with van der Waals surface area (Å²) in [4.78, 5) is 12.2. The summed E-state index contributed by atoms with van der Waals surface area (Å²) in [6.45, 7) is 0. The molecule has 0 heterocycles. The van der Waals surface area contributed by atoms with E-state index >= 15 is 0 Å². The summed E-state index contributed by atoms with van der Waals surface area (Å²) in [6, 6.07) is 10.4. The van der Waals surface area contributed by atoms with E-state index in [1.165, 1.54) is 11.1 Å².